The lowest BCUT2D eigenvalue weighted by atomic mass is 10.2. The van der Waals surface area contributed by atoms with Gasteiger partial charge in [0, 0.05) is 5.39 Å². The molecule has 0 saturated heterocycles. The number of aromatic nitrogens is 1. The zero-order chi connectivity index (χ0) is 13.1. The number of nitriles is 1. The average Bonchev–Trinajstić information content (AvgIpc) is 2.65. The minimum absolute atomic E-state index is 0.190. The van der Waals surface area contributed by atoms with E-state index in [0.717, 1.165) is 17.5 Å². The van der Waals surface area contributed by atoms with E-state index in [4.69, 9.17) is 10.00 Å². The van der Waals surface area contributed by atoms with Crippen LogP contribution < -0.4 is 5.32 Å². The minimum Gasteiger partial charge on any atom is -0.450 e. The molecule has 0 fully saturated rings. The Morgan fingerprint density at radius 3 is 3.17 bits per heavy atom. The summed E-state index contributed by atoms with van der Waals surface area (Å²) in [6.45, 7) is 1.90. The Morgan fingerprint density at radius 2 is 2.50 bits per heavy atom. The van der Waals surface area contributed by atoms with Crippen LogP contribution in [-0.2, 0) is 4.74 Å². The summed E-state index contributed by atoms with van der Waals surface area (Å²) in [5, 5.41) is 12.2. The van der Waals surface area contributed by atoms with Crippen LogP contribution >= 0.6 is 11.3 Å². The third-order valence-electron chi connectivity index (χ3n) is 2.12. The number of anilines is 1. The van der Waals surface area contributed by atoms with E-state index in [2.05, 4.69) is 10.3 Å². The molecule has 0 bridgehead atoms. The summed E-state index contributed by atoms with van der Waals surface area (Å²) in [4.78, 5) is 15.6. The zero-order valence-corrected chi connectivity index (χ0v) is 10.2. The van der Waals surface area contributed by atoms with Gasteiger partial charge in [-0.1, -0.05) is 11.3 Å². The van der Waals surface area contributed by atoms with Crippen molar-refractivity contribution in [3.8, 4) is 6.07 Å². The molecule has 1 amide bonds. The summed E-state index contributed by atoms with van der Waals surface area (Å²) in [5.74, 6) is -0.528. The molecule has 2 aromatic heterocycles. The van der Waals surface area contributed by atoms with Crippen LogP contribution in [0.3, 0.4) is 0 Å². The molecular weight excluding hydrogens is 257 g/mol. The second kappa shape index (κ2) is 4.98. The molecule has 0 aliphatic rings. The molecule has 0 aliphatic heterocycles. The van der Waals surface area contributed by atoms with Gasteiger partial charge in [0.15, 0.2) is 0 Å². The topological polar surface area (TPSA) is 75.0 Å². The number of hydrogen-bond donors (Lipinski definition) is 1. The van der Waals surface area contributed by atoms with Crippen molar-refractivity contribution in [1.82, 2.24) is 4.98 Å². The zero-order valence-electron chi connectivity index (χ0n) is 9.36. The van der Waals surface area contributed by atoms with Crippen molar-refractivity contribution in [2.24, 2.45) is 0 Å². The number of halogens is 1. The third-order valence-corrected chi connectivity index (χ3v) is 3.14. The molecule has 0 atom stereocenters. The van der Waals surface area contributed by atoms with Crippen molar-refractivity contribution in [2.75, 3.05) is 11.9 Å². The summed E-state index contributed by atoms with van der Waals surface area (Å²) in [6, 6.07) is 3.14. The first-order valence-electron chi connectivity index (χ1n) is 5.07. The van der Waals surface area contributed by atoms with Crippen molar-refractivity contribution in [3.63, 3.8) is 0 Å². The molecule has 0 unspecified atom stereocenters. The number of amides is 1. The van der Waals surface area contributed by atoms with Crippen molar-refractivity contribution >= 4 is 32.6 Å². The molecule has 0 radical (unpaired) electrons. The highest BCUT2D eigenvalue weighted by atomic mass is 32.1. The first kappa shape index (κ1) is 12.3. The number of hydrogen-bond acceptors (Lipinski definition) is 5. The molecule has 2 rings (SSSR count). The number of rotatable bonds is 2. The molecule has 0 aliphatic carbocycles. The van der Waals surface area contributed by atoms with E-state index in [0.29, 0.717) is 15.2 Å². The van der Waals surface area contributed by atoms with Crippen LogP contribution in [0, 0.1) is 17.1 Å². The Balaban J connectivity index is 2.45. The number of nitrogens with zero attached hydrogens (tertiary/aromatic N) is 2. The third kappa shape index (κ3) is 2.24. The van der Waals surface area contributed by atoms with Crippen molar-refractivity contribution in [3.05, 3.63) is 23.6 Å². The number of nitrogens with one attached hydrogen (secondary N) is 1. The fourth-order valence-electron chi connectivity index (χ4n) is 1.42. The number of ether oxygens (including phenoxy) is 1. The number of pyridine rings is 1. The highest BCUT2D eigenvalue weighted by molar-refractivity contribution is 7.22. The largest absolute Gasteiger partial charge is 0.450 e. The van der Waals surface area contributed by atoms with E-state index in [1.54, 1.807) is 6.92 Å². The monoisotopic (exact) mass is 265 g/mol. The van der Waals surface area contributed by atoms with Gasteiger partial charge in [-0.3, -0.25) is 5.32 Å². The van der Waals surface area contributed by atoms with Crippen LogP contribution in [0.1, 0.15) is 12.5 Å². The number of thiophene rings is 1. The standard InChI is InChI=1S/C11H8FN3O2S/c1-2-17-11(16)15-10-8(4-13)7-3-6(12)5-14-9(7)18-10/h3,5H,2H2,1H3,(H,15,16). The summed E-state index contributed by atoms with van der Waals surface area (Å²) in [7, 11) is 0. The quantitative estimate of drug-likeness (QED) is 0.905. The molecule has 0 aromatic carbocycles. The first-order valence-corrected chi connectivity index (χ1v) is 5.89. The molecule has 2 aromatic rings. The van der Waals surface area contributed by atoms with Crippen LogP contribution in [0.25, 0.3) is 10.2 Å². The fraction of sp³-hybridized carbons (Fsp3) is 0.182. The van der Waals surface area contributed by atoms with Crippen LogP contribution in [0.5, 0.6) is 0 Å². The number of carbonyl (C=O) groups is 1. The van der Waals surface area contributed by atoms with Gasteiger partial charge in [0.05, 0.1) is 18.4 Å². The Bertz CT molecular complexity index is 648. The lowest BCUT2D eigenvalue weighted by Crippen LogP contribution is -2.12. The molecular formula is C11H8FN3O2S. The van der Waals surface area contributed by atoms with Crippen LogP contribution in [0.15, 0.2) is 12.3 Å². The van der Waals surface area contributed by atoms with E-state index >= 15 is 0 Å². The number of fused-ring (bicyclic) bond motifs is 1. The predicted octanol–water partition coefficient (Wildman–Crippen LogP) is 2.88. The lowest BCUT2D eigenvalue weighted by molar-refractivity contribution is 0.168. The van der Waals surface area contributed by atoms with Gasteiger partial charge in [-0.25, -0.2) is 14.2 Å². The second-order valence-corrected chi connectivity index (χ2v) is 4.27. The van der Waals surface area contributed by atoms with Crippen LogP contribution in [0.4, 0.5) is 14.2 Å². The van der Waals surface area contributed by atoms with Gasteiger partial charge in [-0.2, -0.15) is 5.26 Å². The molecule has 18 heavy (non-hydrogen) atoms. The smallest absolute Gasteiger partial charge is 0.412 e. The molecule has 7 heteroatoms. The summed E-state index contributed by atoms with van der Waals surface area (Å²) >= 11 is 1.10. The molecule has 0 saturated carbocycles. The van der Waals surface area contributed by atoms with E-state index in [1.165, 1.54) is 6.07 Å². The normalized spacial score (nSPS) is 10.1. The van der Waals surface area contributed by atoms with Gasteiger partial charge >= 0.3 is 6.09 Å². The lowest BCUT2D eigenvalue weighted by Gasteiger charge is -2.02. The van der Waals surface area contributed by atoms with Gasteiger partial charge in [-0.15, -0.1) is 0 Å². The Morgan fingerprint density at radius 1 is 1.72 bits per heavy atom. The Hall–Kier alpha value is -2.20. The second-order valence-electron chi connectivity index (χ2n) is 3.27. The van der Waals surface area contributed by atoms with E-state index < -0.39 is 11.9 Å². The SMILES string of the molecule is CCOC(=O)Nc1sc2ncc(F)cc2c1C#N. The highest BCUT2D eigenvalue weighted by Gasteiger charge is 2.16. The van der Waals surface area contributed by atoms with E-state index in [-0.39, 0.29) is 12.2 Å². The van der Waals surface area contributed by atoms with Gasteiger partial charge in [0.25, 0.3) is 0 Å². The summed E-state index contributed by atoms with van der Waals surface area (Å²) in [5.41, 5.74) is 0.190. The van der Waals surface area contributed by atoms with Crippen molar-refractivity contribution in [1.29, 1.82) is 5.26 Å². The van der Waals surface area contributed by atoms with E-state index in [9.17, 15) is 9.18 Å². The summed E-state index contributed by atoms with van der Waals surface area (Å²) < 4.78 is 17.8. The first-order chi connectivity index (χ1) is 8.65. The maximum absolute atomic E-state index is 13.1. The molecule has 0 spiro atoms. The van der Waals surface area contributed by atoms with Gasteiger partial charge in [-0.05, 0) is 13.0 Å². The molecule has 1 N–H and O–H groups in total. The van der Waals surface area contributed by atoms with Crippen LogP contribution in [0.2, 0.25) is 0 Å². The van der Waals surface area contributed by atoms with Crippen LogP contribution in [-0.4, -0.2) is 17.7 Å². The average molecular weight is 265 g/mol. The number of carbonyl (C=O) groups excluding carboxylic acids is 1. The van der Waals surface area contributed by atoms with E-state index in [1.807, 2.05) is 6.07 Å². The molecule has 92 valence electrons. The summed E-state index contributed by atoms with van der Waals surface area (Å²) in [6.07, 6.45) is 0.412. The predicted molar refractivity (Wildman–Crippen MR) is 64.9 cm³/mol. The maximum Gasteiger partial charge on any atom is 0.412 e. The molecule has 5 nitrogen and oxygen atoms in total. The maximum atomic E-state index is 13.1. The van der Waals surface area contributed by atoms with Crippen molar-refractivity contribution in [2.45, 2.75) is 6.92 Å². The van der Waals surface area contributed by atoms with Gasteiger partial charge in [0.1, 0.15) is 21.7 Å². The van der Waals surface area contributed by atoms with Gasteiger partial charge < -0.3 is 4.74 Å². The Kier molecular flexibility index (Phi) is 3.39. The van der Waals surface area contributed by atoms with Gasteiger partial charge in [0.2, 0.25) is 0 Å². The molecule has 2 heterocycles. The fourth-order valence-corrected chi connectivity index (χ4v) is 2.38. The minimum atomic E-state index is -0.652. The Labute approximate surface area is 106 Å². The highest BCUT2D eigenvalue weighted by Crippen LogP contribution is 2.34. The van der Waals surface area contributed by atoms with Crippen molar-refractivity contribution < 1.29 is 13.9 Å².